The number of carboxylic acid groups (broad SMARTS) is 1. The number of nitrogens with zero attached hydrogens (tertiary/aromatic N) is 1. The van der Waals surface area contributed by atoms with Crippen molar-refractivity contribution in [1.29, 1.82) is 0 Å². The van der Waals surface area contributed by atoms with Gasteiger partial charge in [0.2, 0.25) is 0 Å². The smallest absolute Gasteiger partial charge is 0.303 e. The van der Waals surface area contributed by atoms with Crippen LogP contribution in [0.4, 0.5) is 0 Å². The minimum Gasteiger partial charge on any atom is -0.481 e. The summed E-state index contributed by atoms with van der Waals surface area (Å²) in [7, 11) is 0. The predicted molar refractivity (Wildman–Crippen MR) is 69.6 cm³/mol. The molecule has 1 aliphatic heterocycles. The van der Waals surface area contributed by atoms with Gasteiger partial charge in [-0.15, -0.1) is 11.3 Å². The Morgan fingerprint density at radius 2 is 2.18 bits per heavy atom. The van der Waals surface area contributed by atoms with E-state index in [9.17, 15) is 4.79 Å². The molecule has 1 aromatic heterocycles. The minimum atomic E-state index is -0.673. The maximum Gasteiger partial charge on any atom is 0.303 e. The summed E-state index contributed by atoms with van der Waals surface area (Å²) in [5.74, 6) is -0.316. The zero-order chi connectivity index (χ0) is 12.3. The summed E-state index contributed by atoms with van der Waals surface area (Å²) < 4.78 is 0.834. The SMILES string of the molecule is O=C(O)CC1CCN(Cc2ccc(Cl)s2)CC1. The molecule has 2 rings (SSSR count). The Bertz CT molecular complexity index is 386. The molecule has 0 amide bonds. The van der Waals surface area contributed by atoms with Gasteiger partial charge in [0.1, 0.15) is 0 Å². The molecule has 5 heteroatoms. The maximum atomic E-state index is 10.6. The van der Waals surface area contributed by atoms with Crippen LogP contribution in [0.25, 0.3) is 0 Å². The topological polar surface area (TPSA) is 40.5 Å². The summed E-state index contributed by atoms with van der Waals surface area (Å²) in [6.07, 6.45) is 2.30. The van der Waals surface area contributed by atoms with Gasteiger partial charge in [-0.25, -0.2) is 0 Å². The molecule has 0 aromatic carbocycles. The van der Waals surface area contributed by atoms with Gasteiger partial charge in [-0.1, -0.05) is 11.6 Å². The Morgan fingerprint density at radius 1 is 1.47 bits per heavy atom. The molecule has 0 spiro atoms. The Balaban J connectivity index is 1.77. The molecule has 1 saturated heterocycles. The van der Waals surface area contributed by atoms with Crippen molar-refractivity contribution in [3.63, 3.8) is 0 Å². The van der Waals surface area contributed by atoms with Gasteiger partial charge in [-0.05, 0) is 44.0 Å². The summed E-state index contributed by atoms with van der Waals surface area (Å²) in [5, 5.41) is 8.74. The highest BCUT2D eigenvalue weighted by Gasteiger charge is 2.21. The molecule has 1 fully saturated rings. The van der Waals surface area contributed by atoms with Crippen LogP contribution in [0.5, 0.6) is 0 Å². The van der Waals surface area contributed by atoms with Crippen LogP contribution in [0.1, 0.15) is 24.1 Å². The third-order valence-corrected chi connectivity index (χ3v) is 4.39. The molecule has 2 heterocycles. The Hall–Kier alpha value is -0.580. The van der Waals surface area contributed by atoms with Crippen LogP contribution in [-0.2, 0) is 11.3 Å². The fourth-order valence-corrected chi connectivity index (χ4v) is 3.38. The summed E-state index contributed by atoms with van der Waals surface area (Å²) in [6.45, 7) is 2.93. The first-order chi connectivity index (χ1) is 8.13. The van der Waals surface area contributed by atoms with E-state index in [2.05, 4.69) is 11.0 Å². The summed E-state index contributed by atoms with van der Waals surface area (Å²) in [4.78, 5) is 14.3. The van der Waals surface area contributed by atoms with Crippen LogP contribution in [0, 0.1) is 5.92 Å². The predicted octanol–water partition coefficient (Wildman–Crippen LogP) is 3.09. The highest BCUT2D eigenvalue weighted by Crippen LogP contribution is 2.26. The van der Waals surface area contributed by atoms with E-state index >= 15 is 0 Å². The molecule has 1 aromatic rings. The standard InChI is InChI=1S/C12H16ClNO2S/c13-11-2-1-10(17-11)8-14-5-3-9(4-6-14)7-12(15)16/h1-2,9H,3-8H2,(H,15,16). The lowest BCUT2D eigenvalue weighted by Gasteiger charge is -2.30. The van der Waals surface area contributed by atoms with Crippen LogP contribution < -0.4 is 0 Å². The first-order valence-electron chi connectivity index (χ1n) is 5.82. The van der Waals surface area contributed by atoms with Crippen molar-refractivity contribution in [3.8, 4) is 0 Å². The van der Waals surface area contributed by atoms with E-state index in [0.29, 0.717) is 12.3 Å². The fourth-order valence-electron chi connectivity index (χ4n) is 2.25. The van der Waals surface area contributed by atoms with Crippen molar-refractivity contribution in [1.82, 2.24) is 4.90 Å². The van der Waals surface area contributed by atoms with Gasteiger partial charge in [0, 0.05) is 17.8 Å². The number of aliphatic carboxylic acids is 1. The van der Waals surface area contributed by atoms with Crippen molar-refractivity contribution in [3.05, 3.63) is 21.3 Å². The lowest BCUT2D eigenvalue weighted by molar-refractivity contribution is -0.138. The van der Waals surface area contributed by atoms with E-state index in [1.165, 1.54) is 4.88 Å². The molecule has 0 radical (unpaired) electrons. The Kier molecular flexibility index (Phi) is 4.42. The number of carboxylic acids is 1. The van der Waals surface area contributed by atoms with Crippen LogP contribution in [0.15, 0.2) is 12.1 Å². The summed E-state index contributed by atoms with van der Waals surface area (Å²) in [6, 6.07) is 4.00. The summed E-state index contributed by atoms with van der Waals surface area (Å²) >= 11 is 7.52. The van der Waals surface area contributed by atoms with Crippen molar-refractivity contribution >= 4 is 28.9 Å². The van der Waals surface area contributed by atoms with Crippen LogP contribution in [-0.4, -0.2) is 29.1 Å². The molecule has 0 saturated carbocycles. The van der Waals surface area contributed by atoms with Crippen molar-refractivity contribution < 1.29 is 9.90 Å². The maximum absolute atomic E-state index is 10.6. The lowest BCUT2D eigenvalue weighted by atomic mass is 9.94. The number of thiophene rings is 1. The molecule has 1 aliphatic rings. The van der Waals surface area contributed by atoms with Gasteiger partial charge < -0.3 is 5.11 Å². The van der Waals surface area contributed by atoms with Crippen molar-refractivity contribution in [2.24, 2.45) is 5.92 Å². The highest BCUT2D eigenvalue weighted by atomic mass is 35.5. The average Bonchev–Trinajstić information content (AvgIpc) is 2.66. The van der Waals surface area contributed by atoms with E-state index in [4.69, 9.17) is 16.7 Å². The number of rotatable bonds is 4. The molecule has 0 unspecified atom stereocenters. The zero-order valence-corrected chi connectivity index (χ0v) is 11.1. The first-order valence-corrected chi connectivity index (χ1v) is 7.01. The molecule has 0 aliphatic carbocycles. The third kappa shape index (κ3) is 3.98. The van der Waals surface area contributed by atoms with Gasteiger partial charge in [-0.2, -0.15) is 0 Å². The molecule has 0 bridgehead atoms. The van der Waals surface area contributed by atoms with Crippen LogP contribution in [0.3, 0.4) is 0 Å². The van der Waals surface area contributed by atoms with Crippen molar-refractivity contribution in [2.45, 2.75) is 25.8 Å². The van der Waals surface area contributed by atoms with Gasteiger partial charge in [0.15, 0.2) is 0 Å². The lowest BCUT2D eigenvalue weighted by Crippen LogP contribution is -2.33. The van der Waals surface area contributed by atoms with E-state index in [1.807, 2.05) is 6.07 Å². The molecule has 94 valence electrons. The summed E-state index contributed by atoms with van der Waals surface area (Å²) in [5.41, 5.74) is 0. The molecule has 17 heavy (non-hydrogen) atoms. The number of hydrogen-bond donors (Lipinski definition) is 1. The number of likely N-dealkylation sites (tertiary alicyclic amines) is 1. The number of carbonyl (C=O) groups is 1. The normalized spacial score (nSPS) is 18.4. The first kappa shape index (κ1) is 12.9. The van der Waals surface area contributed by atoms with Gasteiger partial charge in [-0.3, -0.25) is 9.69 Å². The van der Waals surface area contributed by atoms with Gasteiger partial charge in [0.25, 0.3) is 0 Å². The number of halogens is 1. The van der Waals surface area contributed by atoms with Gasteiger partial charge >= 0.3 is 5.97 Å². The Labute approximate surface area is 110 Å². The molecule has 0 atom stereocenters. The van der Waals surface area contributed by atoms with E-state index in [-0.39, 0.29) is 0 Å². The van der Waals surface area contributed by atoms with E-state index in [1.54, 1.807) is 11.3 Å². The molecule has 3 nitrogen and oxygen atoms in total. The van der Waals surface area contributed by atoms with Crippen LogP contribution in [0.2, 0.25) is 4.34 Å². The van der Waals surface area contributed by atoms with Crippen molar-refractivity contribution in [2.75, 3.05) is 13.1 Å². The second-order valence-corrected chi connectivity index (χ2v) is 6.32. The van der Waals surface area contributed by atoms with E-state index < -0.39 is 5.97 Å². The monoisotopic (exact) mass is 273 g/mol. The van der Waals surface area contributed by atoms with E-state index in [0.717, 1.165) is 36.8 Å². The Morgan fingerprint density at radius 3 is 2.71 bits per heavy atom. The number of piperidine rings is 1. The highest BCUT2D eigenvalue weighted by molar-refractivity contribution is 7.16. The zero-order valence-electron chi connectivity index (χ0n) is 9.56. The minimum absolute atomic E-state index is 0.318. The largest absolute Gasteiger partial charge is 0.481 e. The molecule has 1 N–H and O–H groups in total. The molecular weight excluding hydrogens is 258 g/mol. The fraction of sp³-hybridized carbons (Fsp3) is 0.583. The second kappa shape index (κ2) is 5.85. The number of hydrogen-bond acceptors (Lipinski definition) is 3. The second-order valence-electron chi connectivity index (χ2n) is 4.52. The third-order valence-electron chi connectivity index (χ3n) is 3.18. The van der Waals surface area contributed by atoms with Crippen LogP contribution >= 0.6 is 22.9 Å². The average molecular weight is 274 g/mol. The quantitative estimate of drug-likeness (QED) is 0.916. The van der Waals surface area contributed by atoms with Gasteiger partial charge in [0.05, 0.1) is 4.34 Å². The molecular formula is C12H16ClNO2S.